The summed E-state index contributed by atoms with van der Waals surface area (Å²) in [7, 11) is 0. The monoisotopic (exact) mass is 591 g/mol. The van der Waals surface area contributed by atoms with Crippen LogP contribution in [0, 0.1) is 6.92 Å². The van der Waals surface area contributed by atoms with Crippen LogP contribution in [0.15, 0.2) is 46.9 Å². The summed E-state index contributed by atoms with van der Waals surface area (Å²) in [4.78, 5) is 30.6. The minimum absolute atomic E-state index is 0.00874. The van der Waals surface area contributed by atoms with Crippen molar-refractivity contribution in [3.63, 3.8) is 0 Å². The van der Waals surface area contributed by atoms with Crippen LogP contribution in [0.2, 0.25) is 0 Å². The van der Waals surface area contributed by atoms with Gasteiger partial charge in [0.05, 0.1) is 25.5 Å². The Morgan fingerprint density at radius 1 is 1.02 bits per heavy atom. The number of nitrogens with one attached hydrogen (secondary N) is 1. The Kier molecular flexibility index (Phi) is 10.5. The molecule has 0 bridgehead atoms. The number of oxazole rings is 1. The highest BCUT2D eigenvalue weighted by molar-refractivity contribution is 5.68. The number of aliphatic carboxylic acids is 1. The molecule has 1 aliphatic heterocycles. The van der Waals surface area contributed by atoms with Crippen molar-refractivity contribution in [3.05, 3.63) is 65.0 Å². The van der Waals surface area contributed by atoms with E-state index in [1.807, 2.05) is 37.3 Å². The molecule has 1 aliphatic carbocycles. The summed E-state index contributed by atoms with van der Waals surface area (Å²) >= 11 is 0. The van der Waals surface area contributed by atoms with Gasteiger partial charge in [-0.05, 0) is 73.7 Å². The molecule has 2 N–H and O–H groups in total. The van der Waals surface area contributed by atoms with E-state index in [0.29, 0.717) is 31.1 Å². The number of amides is 1. The number of morpholine rings is 1. The van der Waals surface area contributed by atoms with Crippen LogP contribution in [0.5, 0.6) is 5.75 Å². The van der Waals surface area contributed by atoms with Crippen molar-refractivity contribution in [1.82, 2.24) is 10.3 Å². The molecule has 1 saturated carbocycles. The number of carbonyl (C=O) groups is 2. The number of benzene rings is 2. The second kappa shape index (κ2) is 14.9. The third-order valence-corrected chi connectivity index (χ3v) is 8.06. The molecule has 10 nitrogen and oxygen atoms in total. The summed E-state index contributed by atoms with van der Waals surface area (Å²) in [5.74, 6) is 1.07. The minimum Gasteiger partial charge on any atom is -0.493 e. The number of carboxylic acids is 1. The molecule has 0 atom stereocenters. The first-order chi connectivity index (χ1) is 20.9. The number of anilines is 1. The van der Waals surface area contributed by atoms with Crippen molar-refractivity contribution >= 4 is 17.7 Å². The van der Waals surface area contributed by atoms with Gasteiger partial charge in [0.1, 0.15) is 18.1 Å². The van der Waals surface area contributed by atoms with Gasteiger partial charge in [0.15, 0.2) is 0 Å². The van der Waals surface area contributed by atoms with E-state index in [1.54, 1.807) is 0 Å². The number of ether oxygens (including phenoxy) is 3. The quantitative estimate of drug-likeness (QED) is 0.274. The molecule has 2 aromatic carbocycles. The fourth-order valence-corrected chi connectivity index (χ4v) is 5.60. The van der Waals surface area contributed by atoms with Gasteiger partial charge < -0.3 is 34.0 Å². The lowest BCUT2D eigenvalue weighted by Gasteiger charge is -2.28. The molecule has 230 valence electrons. The van der Waals surface area contributed by atoms with E-state index < -0.39 is 12.1 Å². The van der Waals surface area contributed by atoms with Gasteiger partial charge in [-0.15, -0.1) is 0 Å². The average molecular weight is 592 g/mol. The maximum absolute atomic E-state index is 12.4. The Balaban J connectivity index is 1.17. The number of rotatable bonds is 12. The number of aryl methyl sites for hydroxylation is 2. The zero-order valence-electron chi connectivity index (χ0n) is 24.8. The largest absolute Gasteiger partial charge is 0.493 e. The number of carbonyl (C=O) groups excluding carboxylic acids is 1. The molecule has 43 heavy (non-hydrogen) atoms. The van der Waals surface area contributed by atoms with E-state index in [0.717, 1.165) is 85.8 Å². The van der Waals surface area contributed by atoms with Crippen LogP contribution < -0.4 is 15.0 Å². The van der Waals surface area contributed by atoms with Crippen LogP contribution in [-0.4, -0.2) is 61.1 Å². The molecule has 1 aromatic heterocycles. The maximum Gasteiger partial charge on any atom is 0.407 e. The number of alkyl carbamates (subject to hydrolysis) is 1. The highest BCUT2D eigenvalue weighted by atomic mass is 16.5. The summed E-state index contributed by atoms with van der Waals surface area (Å²) in [5.41, 5.74) is 4.46. The summed E-state index contributed by atoms with van der Waals surface area (Å²) < 4.78 is 23.0. The lowest BCUT2D eigenvalue weighted by Crippen LogP contribution is -2.36. The van der Waals surface area contributed by atoms with Crippen LogP contribution in [0.1, 0.15) is 61.1 Å². The fourth-order valence-electron chi connectivity index (χ4n) is 5.60. The fraction of sp³-hybridized carbons (Fsp3) is 0.485. The third-order valence-electron chi connectivity index (χ3n) is 8.06. The first-order valence-electron chi connectivity index (χ1n) is 15.2. The van der Waals surface area contributed by atoms with E-state index in [4.69, 9.17) is 28.7 Å². The molecule has 5 rings (SSSR count). The SMILES string of the molecule is Cc1oc(-c2ccc(N3CCOCC3)cc2)nc1CCOc1ccc(CCC(=O)O)c(COC(=O)NC2CCCCC2)c1. The number of aromatic nitrogens is 1. The topological polar surface area (TPSA) is 123 Å². The predicted molar refractivity (Wildman–Crippen MR) is 161 cm³/mol. The van der Waals surface area contributed by atoms with Crippen LogP contribution in [0.3, 0.4) is 0 Å². The number of hydrogen-bond donors (Lipinski definition) is 2. The van der Waals surface area contributed by atoms with Crippen molar-refractivity contribution in [2.75, 3.05) is 37.8 Å². The maximum atomic E-state index is 12.4. The zero-order valence-corrected chi connectivity index (χ0v) is 24.8. The lowest BCUT2D eigenvalue weighted by molar-refractivity contribution is -0.136. The van der Waals surface area contributed by atoms with Crippen molar-refractivity contribution in [2.24, 2.45) is 0 Å². The highest BCUT2D eigenvalue weighted by Crippen LogP contribution is 2.26. The van der Waals surface area contributed by atoms with Crippen LogP contribution in [0.25, 0.3) is 11.5 Å². The lowest BCUT2D eigenvalue weighted by atomic mass is 9.96. The second-order valence-corrected chi connectivity index (χ2v) is 11.1. The van der Waals surface area contributed by atoms with Gasteiger partial charge >= 0.3 is 12.1 Å². The molecule has 1 saturated heterocycles. The highest BCUT2D eigenvalue weighted by Gasteiger charge is 2.18. The Labute approximate surface area is 252 Å². The second-order valence-electron chi connectivity index (χ2n) is 11.1. The van der Waals surface area contributed by atoms with E-state index in [-0.39, 0.29) is 19.1 Å². The Morgan fingerprint density at radius 3 is 2.53 bits per heavy atom. The molecule has 0 radical (unpaired) electrons. The molecule has 2 fully saturated rings. The van der Waals surface area contributed by atoms with Gasteiger partial charge in [0.25, 0.3) is 0 Å². The van der Waals surface area contributed by atoms with Crippen LogP contribution >= 0.6 is 0 Å². The molecular formula is C33H41N3O7. The van der Waals surface area contributed by atoms with Gasteiger partial charge in [0, 0.05) is 43.2 Å². The first kappa shape index (κ1) is 30.4. The molecule has 10 heteroatoms. The Morgan fingerprint density at radius 2 is 1.79 bits per heavy atom. The van der Waals surface area contributed by atoms with Crippen molar-refractivity contribution in [3.8, 4) is 17.2 Å². The molecule has 3 aromatic rings. The summed E-state index contributed by atoms with van der Waals surface area (Å²) in [6, 6.07) is 13.9. The van der Waals surface area contributed by atoms with Crippen molar-refractivity contribution in [1.29, 1.82) is 0 Å². The van der Waals surface area contributed by atoms with Gasteiger partial charge in [-0.1, -0.05) is 25.3 Å². The number of carboxylic acid groups (broad SMARTS) is 1. The van der Waals surface area contributed by atoms with E-state index in [2.05, 4.69) is 22.3 Å². The molecule has 2 aliphatic rings. The molecule has 0 spiro atoms. The van der Waals surface area contributed by atoms with Crippen LogP contribution in [-0.2, 0) is 33.7 Å². The number of nitrogens with zero attached hydrogens (tertiary/aromatic N) is 2. The average Bonchev–Trinajstić information content (AvgIpc) is 3.40. The van der Waals surface area contributed by atoms with Gasteiger partial charge in [-0.2, -0.15) is 0 Å². The first-order valence-corrected chi connectivity index (χ1v) is 15.2. The van der Waals surface area contributed by atoms with Gasteiger partial charge in [-0.25, -0.2) is 9.78 Å². The zero-order chi connectivity index (χ0) is 30.0. The van der Waals surface area contributed by atoms with E-state index in [9.17, 15) is 9.59 Å². The molecule has 2 heterocycles. The minimum atomic E-state index is -0.877. The smallest absolute Gasteiger partial charge is 0.407 e. The van der Waals surface area contributed by atoms with E-state index in [1.165, 1.54) is 6.42 Å². The van der Waals surface area contributed by atoms with E-state index >= 15 is 0 Å². The standard InChI is InChI=1S/C33H41N3O7/c1-23-30(35-32(43-23)25-7-11-28(12-8-25)36-16-19-40-20-17-36)15-18-41-29-13-9-24(10-14-31(37)38)26(21-29)22-42-33(39)34-27-5-3-2-4-6-27/h7-9,11-13,21,27H,2-6,10,14-20,22H2,1H3,(H,34,39)(H,37,38). The Bertz CT molecular complexity index is 1360. The normalized spacial score (nSPS) is 15.7. The summed E-state index contributed by atoms with van der Waals surface area (Å²) in [6.07, 6.45) is 5.80. The van der Waals surface area contributed by atoms with Crippen molar-refractivity contribution in [2.45, 2.75) is 70.9 Å². The molecular weight excluding hydrogens is 550 g/mol. The molecule has 1 amide bonds. The van der Waals surface area contributed by atoms with Crippen molar-refractivity contribution < 1.29 is 33.3 Å². The van der Waals surface area contributed by atoms with Gasteiger partial charge in [-0.3, -0.25) is 4.79 Å². The van der Waals surface area contributed by atoms with Gasteiger partial charge in [0.2, 0.25) is 5.89 Å². The summed E-state index contributed by atoms with van der Waals surface area (Å²) in [6.45, 7) is 5.58. The predicted octanol–water partition coefficient (Wildman–Crippen LogP) is 5.68. The van der Waals surface area contributed by atoms with Crippen LogP contribution in [0.4, 0.5) is 10.5 Å². The molecule has 0 unspecified atom stereocenters. The third kappa shape index (κ3) is 8.73. The Hall–Kier alpha value is -4.05. The number of hydrogen-bond acceptors (Lipinski definition) is 8. The summed E-state index contributed by atoms with van der Waals surface area (Å²) in [5, 5.41) is 12.1.